The molecule has 28 N–H and O–H groups in total. The van der Waals surface area contributed by atoms with Gasteiger partial charge in [0.2, 0.25) is 70.9 Å². The van der Waals surface area contributed by atoms with E-state index in [-0.39, 0.29) is 187 Å². The highest BCUT2D eigenvalue weighted by Gasteiger charge is 2.39. The Kier molecular flexibility index (Phi) is 50.5. The molecule has 0 spiro atoms. The molecule has 0 saturated heterocycles. The molecule has 0 aliphatic heterocycles. The summed E-state index contributed by atoms with van der Waals surface area (Å²) in [5, 5.41) is 74.3. The predicted molar refractivity (Wildman–Crippen MR) is 474 cm³/mol. The van der Waals surface area contributed by atoms with E-state index in [1.165, 1.54) is 63.3 Å². The Labute approximate surface area is 734 Å². The minimum absolute atomic E-state index is 0.00366. The summed E-state index contributed by atoms with van der Waals surface area (Å²) in [5.41, 5.74) is 17.7. The van der Waals surface area contributed by atoms with Gasteiger partial charge in [0, 0.05) is 63.9 Å². The first-order valence-electron chi connectivity index (χ1n) is 44.2. The number of guanidine groups is 3. The Hall–Kier alpha value is -11.4. The maximum Gasteiger partial charge on any atom is 0.326 e. The van der Waals surface area contributed by atoms with Gasteiger partial charge in [0.25, 0.3) is 0 Å². The van der Waals surface area contributed by atoms with Crippen molar-refractivity contribution in [1.82, 2.24) is 110 Å². The number of amides is 12. The molecule has 0 bridgehead atoms. The van der Waals surface area contributed by atoms with Crippen molar-refractivity contribution >= 4 is 94.7 Å². The zero-order valence-corrected chi connectivity index (χ0v) is 75.5. The topological polar surface area (TPSA) is 658 Å². The predicted octanol–water partition coefficient (Wildman–Crippen LogP) is 1.77. The molecule has 3 heterocycles. The van der Waals surface area contributed by atoms with E-state index in [1.807, 2.05) is 13.8 Å². The van der Waals surface area contributed by atoms with Gasteiger partial charge < -0.3 is 117 Å². The molecular formula is C84H147N27O14. The van der Waals surface area contributed by atoms with Gasteiger partial charge in [0.15, 0.2) is 17.9 Å². The Balaban J connectivity index is 2.02. The van der Waals surface area contributed by atoms with E-state index >= 15 is 14.4 Å². The second kappa shape index (κ2) is 58.6. The smallest absolute Gasteiger partial charge is 0.326 e. The third-order valence-corrected chi connectivity index (χ3v) is 20.2. The lowest BCUT2D eigenvalue weighted by Crippen LogP contribution is -2.61. The van der Waals surface area contributed by atoms with Crippen LogP contribution in [0.25, 0.3) is 0 Å². The van der Waals surface area contributed by atoms with Gasteiger partial charge >= 0.3 is 5.97 Å². The fraction of sp³-hybridized carbons (Fsp3) is 0.702. The molecule has 0 unspecified atom stereocenters. The molecule has 702 valence electrons. The van der Waals surface area contributed by atoms with Crippen molar-refractivity contribution in [3.63, 3.8) is 0 Å². The van der Waals surface area contributed by atoms with Crippen molar-refractivity contribution in [2.24, 2.45) is 52.7 Å². The van der Waals surface area contributed by atoms with Crippen molar-refractivity contribution in [3.05, 3.63) is 54.7 Å². The van der Waals surface area contributed by atoms with Crippen molar-refractivity contribution in [2.75, 3.05) is 19.6 Å². The number of carboxylic acids is 1. The molecule has 12 atom stereocenters. The standard InChI is InChI=1S/C84H147N27O14/c1-14-15-16-17-18-19-20-21-22-29-69(112)100-60(33-48(2)3)73(116)101-57(26-23-30-94-82(85)86)70(113)108-65(39-54-42-91-45-97-54)78(121)106-63(36-51(8)9)76(119)104-61(34-49(4)5)74(117)102-58(27-24-31-95-83(87)88)71(114)109-66(40-55-43-92-46-98-55)79(122)107-64(37-52(10)11)77(120)105-62(35-50(6)7)75(118)103-59(28-25-32-96-84(89)90)72(115)110-67(41-56-44-93-47-99-56)80(123)111-68(81(124)125)38-53(12)13/h42-53,57-68H,14-41H2,1-13H3,(H,91,97)(H,92,98)(H,93,99)(H,100,112)(H,101,116)(H,102,117)(H,103,118)(H,104,119)(H,105,120)(H,106,121)(H,107,122)(H,108,113)(H,109,114)(H,110,115)(H,111,123)(H,124,125)(H4,85,86,94)(H4,87,88,95)(H4,89,90,96)/t57-,58-,59-,60+,61+,62+,63+,64+,65-,66-,67-,68+/m0/s1. The van der Waals surface area contributed by atoms with E-state index in [9.17, 15) is 53.1 Å². The van der Waals surface area contributed by atoms with Crippen molar-refractivity contribution in [2.45, 2.75) is 323 Å². The highest BCUT2D eigenvalue weighted by molar-refractivity contribution is 6.00. The Morgan fingerprint density at radius 1 is 0.312 bits per heavy atom. The second-order valence-electron chi connectivity index (χ2n) is 34.7. The zero-order chi connectivity index (χ0) is 93.3. The summed E-state index contributed by atoms with van der Waals surface area (Å²) >= 11 is 0. The Morgan fingerprint density at radius 2 is 0.528 bits per heavy atom. The second-order valence-corrected chi connectivity index (χ2v) is 34.7. The van der Waals surface area contributed by atoms with Gasteiger partial charge in [-0.2, -0.15) is 0 Å². The van der Waals surface area contributed by atoms with Crippen LogP contribution in [0.4, 0.5) is 0 Å². The number of imidazole rings is 3. The van der Waals surface area contributed by atoms with Gasteiger partial charge in [-0.3, -0.25) is 73.8 Å². The third kappa shape index (κ3) is 45.7. The number of carboxylic acid groups (broad SMARTS) is 1. The lowest BCUT2D eigenvalue weighted by molar-refractivity contribution is -0.143. The lowest BCUT2D eigenvalue weighted by Gasteiger charge is -2.29. The Bertz CT molecular complexity index is 3820. The highest BCUT2D eigenvalue weighted by atomic mass is 16.4. The van der Waals surface area contributed by atoms with Crippen LogP contribution in [0.15, 0.2) is 37.6 Å². The van der Waals surface area contributed by atoms with Crippen LogP contribution >= 0.6 is 0 Å². The van der Waals surface area contributed by atoms with E-state index < -0.39 is 143 Å². The maximum atomic E-state index is 15.1. The molecule has 0 saturated carbocycles. The average molecular weight is 1760 g/mol. The summed E-state index contributed by atoms with van der Waals surface area (Å²) in [4.78, 5) is 209. The van der Waals surface area contributed by atoms with E-state index in [0.29, 0.717) is 17.8 Å². The number of nitrogens with zero attached hydrogens (tertiary/aromatic N) is 3. The molecule has 0 aliphatic carbocycles. The average Bonchev–Trinajstić information content (AvgIpc) is 1.65. The number of H-pyrrole nitrogens is 3. The van der Waals surface area contributed by atoms with Gasteiger partial charge in [0.1, 0.15) is 72.5 Å². The molecule has 0 aliphatic rings. The van der Waals surface area contributed by atoms with Crippen LogP contribution in [0.1, 0.15) is 248 Å². The van der Waals surface area contributed by atoms with Crippen LogP contribution in [-0.2, 0) is 81.6 Å². The SMILES string of the molecule is CCCCCCCCCCCC(=O)N[C@H](CC(C)C)C(=O)N[C@@H](CCCNC(=N)N)C(=O)N[C@@H](Cc1c[nH]cn1)C(=O)N[C@H](CC(C)C)C(=O)N[C@H](CC(C)C)C(=O)N[C@@H](CCCNC(=N)N)C(=O)N[C@@H](Cc1c[nH]cn1)C(=O)N[C@H](CC(C)C)C(=O)N[C@H](CC(C)C)C(=O)N[C@@H](CCCNC(=N)N)C(=O)N[C@@H](Cc1c[nH]cn1)C(=O)N[C@H](CC(C)C)C(=O)O. The van der Waals surface area contributed by atoms with Crippen LogP contribution in [0, 0.1) is 51.7 Å². The first kappa shape index (κ1) is 108. The minimum atomic E-state index is -1.54. The summed E-state index contributed by atoms with van der Waals surface area (Å²) in [6.45, 7) is 24.1. The van der Waals surface area contributed by atoms with Crippen LogP contribution in [-0.4, -0.2) is 222 Å². The molecule has 3 aromatic rings. The van der Waals surface area contributed by atoms with Crippen LogP contribution < -0.4 is 97.0 Å². The summed E-state index contributed by atoms with van der Waals surface area (Å²) < 4.78 is 0. The van der Waals surface area contributed by atoms with Crippen molar-refractivity contribution < 1.29 is 67.4 Å². The number of nitrogens with two attached hydrogens (primary N) is 3. The number of hydrogen-bond acceptors (Lipinski definition) is 19. The molecule has 3 rings (SSSR count). The zero-order valence-electron chi connectivity index (χ0n) is 75.5. The molecule has 125 heavy (non-hydrogen) atoms. The number of nitrogens with one attached hydrogen (secondary N) is 21. The minimum Gasteiger partial charge on any atom is -0.480 e. The highest BCUT2D eigenvalue weighted by Crippen LogP contribution is 2.18. The number of rotatable bonds is 64. The normalized spacial score (nSPS) is 14.3. The first-order chi connectivity index (χ1) is 59.1. The molecule has 3 aromatic heterocycles. The molecule has 41 heteroatoms. The summed E-state index contributed by atoms with van der Waals surface area (Å²) in [5.74, 6) is -13.1. The number of unbranched alkanes of at least 4 members (excludes halogenated alkanes) is 8. The number of aromatic nitrogens is 6. The molecular weight excluding hydrogens is 1610 g/mol. The van der Waals surface area contributed by atoms with Crippen LogP contribution in [0.5, 0.6) is 0 Å². The maximum absolute atomic E-state index is 15.1. The van der Waals surface area contributed by atoms with Gasteiger partial charge in [-0.15, -0.1) is 0 Å². The monoisotopic (exact) mass is 1760 g/mol. The fourth-order valence-electron chi connectivity index (χ4n) is 13.9. The summed E-state index contributed by atoms with van der Waals surface area (Å²) in [7, 11) is 0. The molecule has 12 amide bonds. The largest absolute Gasteiger partial charge is 0.480 e. The number of carbonyl (C=O) groups is 13. The summed E-state index contributed by atoms with van der Waals surface area (Å²) in [6.07, 6.45) is 18.0. The quantitative estimate of drug-likeness (QED) is 0.0217. The molecule has 0 fully saturated rings. The third-order valence-electron chi connectivity index (χ3n) is 20.2. The van der Waals surface area contributed by atoms with E-state index in [2.05, 4.69) is 117 Å². The number of aromatic amines is 3. The first-order valence-corrected chi connectivity index (χ1v) is 44.2. The van der Waals surface area contributed by atoms with Crippen molar-refractivity contribution in [1.29, 1.82) is 16.2 Å². The van der Waals surface area contributed by atoms with E-state index in [1.54, 1.807) is 69.2 Å². The fourth-order valence-corrected chi connectivity index (χ4v) is 13.9. The number of hydrogen-bond donors (Lipinski definition) is 25. The molecule has 0 radical (unpaired) electrons. The van der Waals surface area contributed by atoms with Gasteiger partial charge in [-0.1, -0.05) is 141 Å². The lowest BCUT2D eigenvalue weighted by atomic mass is 9.98. The van der Waals surface area contributed by atoms with Gasteiger partial charge in [0.05, 0.1) is 36.1 Å². The number of carbonyl (C=O) groups excluding carboxylic acids is 12. The van der Waals surface area contributed by atoms with Gasteiger partial charge in [-0.05, 0) is 119 Å². The summed E-state index contributed by atoms with van der Waals surface area (Å²) in [6, 6.07) is -16.4. The van der Waals surface area contributed by atoms with Gasteiger partial charge in [-0.25, -0.2) is 19.7 Å². The number of aliphatic carboxylic acids is 1. The Morgan fingerprint density at radius 3 is 0.768 bits per heavy atom. The molecule has 0 aromatic carbocycles. The van der Waals surface area contributed by atoms with E-state index in [4.69, 9.17) is 33.4 Å². The van der Waals surface area contributed by atoms with E-state index in [0.717, 1.165) is 25.7 Å². The van der Waals surface area contributed by atoms with Crippen molar-refractivity contribution in [3.8, 4) is 0 Å². The molecule has 41 nitrogen and oxygen atoms in total. The van der Waals surface area contributed by atoms with Crippen LogP contribution in [0.3, 0.4) is 0 Å². The van der Waals surface area contributed by atoms with Crippen LogP contribution in [0.2, 0.25) is 0 Å².